The van der Waals surface area contributed by atoms with Crippen molar-refractivity contribution in [1.82, 2.24) is 5.32 Å². The second-order valence-corrected chi connectivity index (χ2v) is 12.6. The summed E-state index contributed by atoms with van der Waals surface area (Å²) in [5.74, 6) is -4.88. The Morgan fingerprint density at radius 1 is 0.830 bits per heavy atom. The minimum absolute atomic E-state index is 0.107. The Morgan fingerprint density at radius 3 is 2.04 bits per heavy atom. The monoisotopic (exact) mass is 634 g/mol. The highest BCUT2D eigenvalue weighted by Gasteiger charge is 2.59. The summed E-state index contributed by atoms with van der Waals surface area (Å²) >= 11 is 0. The zero-order valence-electron chi connectivity index (χ0n) is 27.8. The fraction of sp³-hybridized carbons (Fsp3) is 0.368. The van der Waals surface area contributed by atoms with E-state index in [0.717, 1.165) is 28.2 Å². The minimum Gasteiger partial charge on any atom is -0.466 e. The van der Waals surface area contributed by atoms with Gasteiger partial charge in [-0.2, -0.15) is 5.10 Å². The van der Waals surface area contributed by atoms with Crippen molar-refractivity contribution in [3.8, 4) is 0 Å². The summed E-state index contributed by atoms with van der Waals surface area (Å²) in [7, 11) is 3.94. The van der Waals surface area contributed by atoms with E-state index in [4.69, 9.17) is 14.6 Å². The van der Waals surface area contributed by atoms with Crippen LogP contribution in [0, 0.1) is 24.7 Å². The summed E-state index contributed by atoms with van der Waals surface area (Å²) in [6, 6.07) is 24.8. The predicted molar refractivity (Wildman–Crippen MR) is 182 cm³/mol. The first-order valence-corrected chi connectivity index (χ1v) is 16.3. The Balaban J connectivity index is 1.62. The Bertz CT molecular complexity index is 1710. The van der Waals surface area contributed by atoms with Gasteiger partial charge in [-0.3, -0.25) is 19.7 Å². The molecule has 1 N–H and O–H groups in total. The molecule has 6 atom stereocenters. The molecule has 3 aromatic rings. The van der Waals surface area contributed by atoms with E-state index in [2.05, 4.69) is 5.32 Å². The van der Waals surface area contributed by atoms with Crippen LogP contribution in [-0.2, 0) is 23.9 Å². The number of hydrogen-bond acceptors (Lipinski definition) is 9. The molecular weight excluding hydrogens is 592 g/mol. The number of hydrazone groups is 1. The number of rotatable bonds is 8. The Hall–Kier alpha value is -4.76. The second kappa shape index (κ2) is 13.2. The highest BCUT2D eigenvalue weighted by molar-refractivity contribution is 6.14. The van der Waals surface area contributed by atoms with Crippen molar-refractivity contribution in [2.24, 2.45) is 22.9 Å². The summed E-state index contributed by atoms with van der Waals surface area (Å²) in [5, 5.41) is 10.7. The molecule has 0 radical (unpaired) electrons. The number of carbonyl (C=O) groups is 3. The lowest BCUT2D eigenvalue weighted by molar-refractivity contribution is -0.156. The topological polar surface area (TPSA) is 101 Å². The van der Waals surface area contributed by atoms with Gasteiger partial charge in [-0.05, 0) is 68.7 Å². The average molecular weight is 635 g/mol. The van der Waals surface area contributed by atoms with Gasteiger partial charge in [-0.15, -0.1) is 0 Å². The van der Waals surface area contributed by atoms with Crippen molar-refractivity contribution in [2.75, 3.05) is 37.2 Å². The van der Waals surface area contributed by atoms with Gasteiger partial charge in [-0.1, -0.05) is 60.2 Å². The number of fused-ring (bicyclic) bond motifs is 2. The highest BCUT2D eigenvalue weighted by atomic mass is 16.5. The van der Waals surface area contributed by atoms with Gasteiger partial charge in [-0.25, -0.2) is 5.01 Å². The first-order chi connectivity index (χ1) is 22.7. The van der Waals surface area contributed by atoms with E-state index in [1.807, 2.05) is 117 Å². The molecule has 9 nitrogen and oxygen atoms in total. The molecule has 3 aliphatic rings. The van der Waals surface area contributed by atoms with Crippen molar-refractivity contribution in [3.63, 3.8) is 0 Å². The van der Waals surface area contributed by atoms with E-state index in [-0.39, 0.29) is 19.0 Å². The quantitative estimate of drug-likeness (QED) is 0.254. The lowest BCUT2D eigenvalue weighted by atomic mass is 9.59. The summed E-state index contributed by atoms with van der Waals surface area (Å²) in [6.45, 7) is 7.72. The van der Waals surface area contributed by atoms with Crippen LogP contribution < -0.4 is 15.2 Å². The highest BCUT2D eigenvalue weighted by Crippen LogP contribution is 2.54. The first kappa shape index (κ1) is 32.2. The molecule has 9 heteroatoms. The van der Waals surface area contributed by atoms with Gasteiger partial charge in [0.15, 0.2) is 5.78 Å². The SMILES string of the molecule is CCOC(=O)[C@@H]1C(=O)C2=C([C@H](C(=O)OCC)[C@H]1c1ccccc1)[C@H]1C(C)=NN(c3ccc(C)cc3)[C@@H]1N[C@@H]2c1ccc(N(C)C)cc1. The molecule has 0 unspecified atom stereocenters. The molecule has 1 aliphatic carbocycles. The van der Waals surface area contributed by atoms with Crippen LogP contribution in [0.1, 0.15) is 49.4 Å². The number of nitrogens with one attached hydrogen (secondary N) is 1. The number of benzene rings is 3. The maximum atomic E-state index is 15.0. The van der Waals surface area contributed by atoms with Crippen LogP contribution in [0.4, 0.5) is 11.4 Å². The number of esters is 2. The van der Waals surface area contributed by atoms with Gasteiger partial charge in [0.05, 0.1) is 36.8 Å². The molecule has 244 valence electrons. The number of anilines is 2. The van der Waals surface area contributed by atoms with Crippen molar-refractivity contribution in [1.29, 1.82) is 0 Å². The maximum Gasteiger partial charge on any atom is 0.317 e. The van der Waals surface area contributed by atoms with E-state index in [1.54, 1.807) is 13.8 Å². The molecule has 2 aliphatic heterocycles. The van der Waals surface area contributed by atoms with E-state index in [1.165, 1.54) is 0 Å². The molecule has 0 amide bonds. The Morgan fingerprint density at radius 2 is 1.45 bits per heavy atom. The van der Waals surface area contributed by atoms with Gasteiger partial charge in [0, 0.05) is 37.0 Å². The molecule has 2 heterocycles. The van der Waals surface area contributed by atoms with Crippen molar-refractivity contribution < 1.29 is 23.9 Å². The van der Waals surface area contributed by atoms with Gasteiger partial charge >= 0.3 is 11.9 Å². The second-order valence-electron chi connectivity index (χ2n) is 12.6. The number of hydrogen-bond donors (Lipinski definition) is 1. The van der Waals surface area contributed by atoms with Gasteiger partial charge in [0.25, 0.3) is 0 Å². The molecule has 0 spiro atoms. The van der Waals surface area contributed by atoms with Gasteiger partial charge < -0.3 is 14.4 Å². The number of carbonyl (C=O) groups excluding carboxylic acids is 3. The van der Waals surface area contributed by atoms with E-state index in [9.17, 15) is 9.59 Å². The van der Waals surface area contributed by atoms with E-state index in [0.29, 0.717) is 16.7 Å². The Kier molecular flexibility index (Phi) is 9.01. The molecular formula is C38H42N4O5. The van der Waals surface area contributed by atoms with Crippen LogP contribution >= 0.6 is 0 Å². The van der Waals surface area contributed by atoms with Crippen LogP contribution in [0.5, 0.6) is 0 Å². The van der Waals surface area contributed by atoms with E-state index >= 15 is 4.79 Å². The number of ether oxygens (including phenoxy) is 2. The Labute approximate surface area is 276 Å². The third-order valence-corrected chi connectivity index (χ3v) is 9.48. The molecule has 3 aromatic carbocycles. The molecule has 47 heavy (non-hydrogen) atoms. The first-order valence-electron chi connectivity index (χ1n) is 16.3. The molecule has 0 saturated carbocycles. The number of ketones is 1. The fourth-order valence-electron chi connectivity index (χ4n) is 7.37. The standard InChI is InChI=1S/C38H42N4O5/c1-7-46-37(44)31-29(24-12-10-9-11-13-24)33(38(45)47-8-2)35(43)32-30(31)28-23(4)40-42(27-18-14-22(3)15-19-27)36(28)39-34(32)25-16-20-26(21-17-25)41(5)6/h9-21,28-29,31,33-34,36,39H,7-8H2,1-6H3/t28-,29-,31-,33+,34-,36+/m1/s1. The smallest absolute Gasteiger partial charge is 0.317 e. The number of Topliss-reactive ketones (excluding diaryl/α,β-unsaturated/α-hetero) is 1. The zero-order valence-corrected chi connectivity index (χ0v) is 27.8. The molecule has 0 saturated heterocycles. The lowest BCUT2D eigenvalue weighted by Crippen LogP contribution is -2.57. The van der Waals surface area contributed by atoms with Crippen LogP contribution in [0.3, 0.4) is 0 Å². The van der Waals surface area contributed by atoms with Gasteiger partial charge in [0.2, 0.25) is 0 Å². The summed E-state index contributed by atoms with van der Waals surface area (Å²) in [5.41, 5.74) is 6.39. The molecule has 6 rings (SSSR count). The normalized spacial score (nSPS) is 25.1. The minimum atomic E-state index is -1.24. The predicted octanol–water partition coefficient (Wildman–Crippen LogP) is 5.57. The zero-order chi connectivity index (χ0) is 33.4. The maximum absolute atomic E-state index is 15.0. The molecule has 0 aromatic heterocycles. The number of aryl methyl sites for hydroxylation is 1. The van der Waals surface area contributed by atoms with Crippen molar-refractivity contribution >= 4 is 34.8 Å². The molecule has 0 fully saturated rings. The van der Waals surface area contributed by atoms with Crippen molar-refractivity contribution in [2.45, 2.75) is 45.8 Å². The fourth-order valence-corrected chi connectivity index (χ4v) is 7.37. The van der Waals surface area contributed by atoms with Crippen LogP contribution in [0.15, 0.2) is 95.1 Å². The third-order valence-electron chi connectivity index (χ3n) is 9.48. The largest absolute Gasteiger partial charge is 0.466 e. The number of nitrogens with zero attached hydrogens (tertiary/aromatic N) is 3. The van der Waals surface area contributed by atoms with Crippen LogP contribution in [0.25, 0.3) is 0 Å². The lowest BCUT2D eigenvalue weighted by Gasteiger charge is -2.47. The third kappa shape index (κ3) is 5.73. The van der Waals surface area contributed by atoms with Crippen LogP contribution in [-0.4, -0.2) is 56.9 Å². The van der Waals surface area contributed by atoms with Crippen LogP contribution in [0.2, 0.25) is 0 Å². The summed E-state index contributed by atoms with van der Waals surface area (Å²) < 4.78 is 11.3. The van der Waals surface area contributed by atoms with Gasteiger partial charge in [0.1, 0.15) is 12.1 Å². The summed E-state index contributed by atoms with van der Waals surface area (Å²) in [4.78, 5) is 45.2. The van der Waals surface area contributed by atoms with E-state index < -0.39 is 47.8 Å². The molecule has 0 bridgehead atoms. The van der Waals surface area contributed by atoms with Crippen molar-refractivity contribution in [3.05, 3.63) is 107 Å². The summed E-state index contributed by atoms with van der Waals surface area (Å²) in [6.07, 6.45) is -0.407. The average Bonchev–Trinajstić information content (AvgIpc) is 3.40.